The van der Waals surface area contributed by atoms with Gasteiger partial charge in [-0.25, -0.2) is 0 Å². The minimum Gasteiger partial charge on any atom is -0.484 e. The summed E-state index contributed by atoms with van der Waals surface area (Å²) in [6.45, 7) is -0.0788. The molecule has 1 amide bonds. The number of aliphatic hydroxyl groups excluding tert-OH is 1. The maximum atomic E-state index is 11.5. The van der Waals surface area contributed by atoms with Crippen molar-refractivity contribution in [2.24, 2.45) is 0 Å². The van der Waals surface area contributed by atoms with E-state index in [-0.39, 0.29) is 24.7 Å². The van der Waals surface area contributed by atoms with Gasteiger partial charge in [-0.1, -0.05) is 23.2 Å². The van der Waals surface area contributed by atoms with Crippen molar-refractivity contribution in [1.29, 1.82) is 0 Å². The minimum atomic E-state index is -0.286. The third kappa shape index (κ3) is 3.51. The number of halogens is 2. The second-order valence-corrected chi connectivity index (χ2v) is 5.07. The van der Waals surface area contributed by atoms with Crippen molar-refractivity contribution in [2.45, 2.75) is 25.0 Å². The highest BCUT2D eigenvalue weighted by Crippen LogP contribution is 2.26. The average molecular weight is 290 g/mol. The maximum Gasteiger partial charge on any atom is 0.258 e. The van der Waals surface area contributed by atoms with Gasteiger partial charge in [0, 0.05) is 12.1 Å². The Balaban J connectivity index is 1.76. The van der Waals surface area contributed by atoms with Crippen LogP contribution in [0.15, 0.2) is 18.2 Å². The van der Waals surface area contributed by atoms with Gasteiger partial charge in [-0.15, -0.1) is 0 Å². The number of hydrogen-bond donors (Lipinski definition) is 2. The number of hydrogen-bond acceptors (Lipinski definition) is 3. The number of carbonyl (C=O) groups is 1. The van der Waals surface area contributed by atoms with E-state index in [1.165, 1.54) is 0 Å². The predicted molar refractivity (Wildman–Crippen MR) is 69.1 cm³/mol. The molecule has 1 aromatic rings. The Labute approximate surface area is 115 Å². The number of aliphatic hydroxyl groups is 1. The fourth-order valence-electron chi connectivity index (χ4n) is 1.69. The molecule has 0 heterocycles. The highest BCUT2D eigenvalue weighted by molar-refractivity contribution is 6.42. The van der Waals surface area contributed by atoms with Crippen molar-refractivity contribution in [3.05, 3.63) is 28.2 Å². The molecule has 2 N–H and O–H groups in total. The molecule has 2 rings (SSSR count). The number of carbonyl (C=O) groups excluding carboxylic acids is 1. The fraction of sp³-hybridized carbons (Fsp3) is 0.417. The molecule has 1 saturated carbocycles. The number of benzene rings is 1. The third-order valence-corrected chi connectivity index (χ3v) is 3.48. The van der Waals surface area contributed by atoms with Crippen LogP contribution in [0.3, 0.4) is 0 Å². The number of ether oxygens (including phenoxy) is 1. The maximum absolute atomic E-state index is 11.5. The summed E-state index contributed by atoms with van der Waals surface area (Å²) in [6, 6.07) is 4.88. The van der Waals surface area contributed by atoms with E-state index in [1.807, 2.05) is 0 Å². The molecule has 1 aromatic carbocycles. The van der Waals surface area contributed by atoms with Crippen LogP contribution in [-0.2, 0) is 4.79 Å². The minimum absolute atomic E-state index is 0.0601. The van der Waals surface area contributed by atoms with Gasteiger partial charge < -0.3 is 15.2 Å². The van der Waals surface area contributed by atoms with Gasteiger partial charge in [0.1, 0.15) is 5.75 Å². The Morgan fingerprint density at radius 3 is 2.72 bits per heavy atom. The first-order chi connectivity index (χ1) is 8.54. The first kappa shape index (κ1) is 13.5. The molecule has 0 spiro atoms. The molecular weight excluding hydrogens is 277 g/mol. The van der Waals surface area contributed by atoms with E-state index >= 15 is 0 Å². The number of nitrogens with one attached hydrogen (secondary N) is 1. The van der Waals surface area contributed by atoms with Crippen LogP contribution in [-0.4, -0.2) is 29.8 Å². The largest absolute Gasteiger partial charge is 0.484 e. The zero-order valence-electron chi connectivity index (χ0n) is 9.53. The van der Waals surface area contributed by atoms with E-state index in [9.17, 15) is 4.79 Å². The molecule has 0 unspecified atom stereocenters. The molecule has 1 aliphatic carbocycles. The summed E-state index contributed by atoms with van der Waals surface area (Å²) in [6.07, 6.45) is 0.933. The lowest BCUT2D eigenvalue weighted by Crippen LogP contribution is -2.48. The predicted octanol–water partition coefficient (Wildman–Crippen LogP) is 2.01. The van der Waals surface area contributed by atoms with Gasteiger partial charge in [0.05, 0.1) is 16.1 Å². The van der Waals surface area contributed by atoms with E-state index < -0.39 is 0 Å². The summed E-state index contributed by atoms with van der Waals surface area (Å²) in [7, 11) is 0. The summed E-state index contributed by atoms with van der Waals surface area (Å²) in [5.74, 6) is 0.283. The van der Waals surface area contributed by atoms with Crippen LogP contribution in [0.25, 0.3) is 0 Å². The van der Waals surface area contributed by atoms with Crippen LogP contribution in [0.2, 0.25) is 10.0 Å². The third-order valence-electron chi connectivity index (χ3n) is 2.74. The van der Waals surface area contributed by atoms with E-state index in [2.05, 4.69) is 5.32 Å². The molecule has 1 aliphatic rings. The first-order valence-corrected chi connectivity index (χ1v) is 6.35. The van der Waals surface area contributed by atoms with E-state index in [0.29, 0.717) is 28.6 Å². The molecule has 0 atom stereocenters. The van der Waals surface area contributed by atoms with Crippen molar-refractivity contribution < 1.29 is 14.6 Å². The zero-order chi connectivity index (χ0) is 13.1. The second-order valence-electron chi connectivity index (χ2n) is 4.25. The van der Waals surface area contributed by atoms with Crippen LogP contribution >= 0.6 is 23.2 Å². The van der Waals surface area contributed by atoms with Gasteiger partial charge in [-0.3, -0.25) is 4.79 Å². The van der Waals surface area contributed by atoms with Crippen molar-refractivity contribution in [3.63, 3.8) is 0 Å². The fourth-order valence-corrected chi connectivity index (χ4v) is 1.98. The highest BCUT2D eigenvalue weighted by Gasteiger charge is 2.28. The van der Waals surface area contributed by atoms with Crippen molar-refractivity contribution in [1.82, 2.24) is 5.32 Å². The first-order valence-electron chi connectivity index (χ1n) is 5.60. The van der Waals surface area contributed by atoms with Gasteiger partial charge in [0.15, 0.2) is 6.61 Å². The molecule has 98 valence electrons. The van der Waals surface area contributed by atoms with Crippen LogP contribution in [0, 0.1) is 0 Å². The Kier molecular flexibility index (Phi) is 4.32. The van der Waals surface area contributed by atoms with E-state index in [4.69, 9.17) is 33.0 Å². The van der Waals surface area contributed by atoms with Crippen LogP contribution < -0.4 is 10.1 Å². The lowest BCUT2D eigenvalue weighted by molar-refractivity contribution is -0.125. The quantitative estimate of drug-likeness (QED) is 0.892. The average Bonchev–Trinajstić information content (AvgIpc) is 2.29. The van der Waals surface area contributed by atoms with Crippen LogP contribution in [0.4, 0.5) is 0 Å². The molecule has 0 aliphatic heterocycles. The summed E-state index contributed by atoms with van der Waals surface area (Å²) in [5, 5.41) is 12.7. The molecule has 0 aromatic heterocycles. The van der Waals surface area contributed by atoms with Gasteiger partial charge in [0.25, 0.3) is 5.91 Å². The smallest absolute Gasteiger partial charge is 0.258 e. The van der Waals surface area contributed by atoms with E-state index in [1.54, 1.807) is 18.2 Å². The summed E-state index contributed by atoms with van der Waals surface area (Å²) < 4.78 is 5.28. The lowest BCUT2D eigenvalue weighted by atomic mass is 9.89. The SMILES string of the molecule is O=C(COc1ccc(Cl)c(Cl)c1)NC1CC(O)C1. The van der Waals surface area contributed by atoms with Gasteiger partial charge in [-0.05, 0) is 25.0 Å². The molecule has 1 fully saturated rings. The topological polar surface area (TPSA) is 58.6 Å². The molecule has 0 saturated heterocycles. The van der Waals surface area contributed by atoms with Crippen molar-refractivity contribution in [3.8, 4) is 5.75 Å². The molecule has 18 heavy (non-hydrogen) atoms. The molecule has 4 nitrogen and oxygen atoms in total. The van der Waals surface area contributed by atoms with Gasteiger partial charge in [-0.2, -0.15) is 0 Å². The molecule has 0 radical (unpaired) electrons. The summed E-state index contributed by atoms with van der Waals surface area (Å²) >= 11 is 11.6. The van der Waals surface area contributed by atoms with Crippen LogP contribution in [0.5, 0.6) is 5.75 Å². The van der Waals surface area contributed by atoms with Crippen LogP contribution in [0.1, 0.15) is 12.8 Å². The Morgan fingerprint density at radius 2 is 2.11 bits per heavy atom. The molecular formula is C12H13Cl2NO3. The van der Waals surface area contributed by atoms with Gasteiger partial charge in [0.2, 0.25) is 0 Å². The zero-order valence-corrected chi connectivity index (χ0v) is 11.0. The van der Waals surface area contributed by atoms with E-state index in [0.717, 1.165) is 0 Å². The number of amides is 1. The van der Waals surface area contributed by atoms with Gasteiger partial charge >= 0.3 is 0 Å². The lowest BCUT2D eigenvalue weighted by Gasteiger charge is -2.31. The standard InChI is InChI=1S/C12H13Cl2NO3/c13-10-2-1-9(5-11(10)14)18-6-12(17)15-7-3-8(16)4-7/h1-2,5,7-8,16H,3-4,6H2,(H,15,17). The Hall–Kier alpha value is -0.970. The summed E-state index contributed by atoms with van der Waals surface area (Å²) in [4.78, 5) is 11.5. The molecule has 0 bridgehead atoms. The molecule has 6 heteroatoms. The second kappa shape index (κ2) is 5.78. The summed E-state index contributed by atoms with van der Waals surface area (Å²) in [5.41, 5.74) is 0. The highest BCUT2D eigenvalue weighted by atomic mass is 35.5. The number of rotatable bonds is 4. The van der Waals surface area contributed by atoms with Crippen molar-refractivity contribution in [2.75, 3.05) is 6.61 Å². The monoisotopic (exact) mass is 289 g/mol. The van der Waals surface area contributed by atoms with Crippen molar-refractivity contribution >= 4 is 29.1 Å². The Morgan fingerprint density at radius 1 is 1.39 bits per heavy atom. The normalized spacial score (nSPS) is 22.2. The Bertz CT molecular complexity index is 447.